The van der Waals surface area contributed by atoms with Crippen LogP contribution in [0, 0.1) is 10.1 Å². The summed E-state index contributed by atoms with van der Waals surface area (Å²) in [5.74, 6) is -0.231. The van der Waals surface area contributed by atoms with Crippen molar-refractivity contribution in [2.75, 3.05) is 31.5 Å². The number of nitrogens with zero attached hydrogens (tertiary/aromatic N) is 4. The molecular formula is C19H22ClN5O3. The summed E-state index contributed by atoms with van der Waals surface area (Å²) in [4.78, 5) is 31.5. The van der Waals surface area contributed by atoms with Gasteiger partial charge in [-0.25, -0.2) is 0 Å². The van der Waals surface area contributed by atoms with Crippen LogP contribution in [0.3, 0.4) is 0 Å². The Balaban J connectivity index is 1.55. The second-order valence-corrected chi connectivity index (χ2v) is 7.16. The monoisotopic (exact) mass is 403 g/mol. The highest BCUT2D eigenvalue weighted by molar-refractivity contribution is 6.33. The predicted molar refractivity (Wildman–Crippen MR) is 107 cm³/mol. The highest BCUT2D eigenvalue weighted by Crippen LogP contribution is 2.27. The van der Waals surface area contributed by atoms with Crippen LogP contribution < -0.4 is 5.32 Å². The third-order valence-corrected chi connectivity index (χ3v) is 5.24. The number of hydrogen-bond donors (Lipinski definition) is 1. The molecule has 8 nitrogen and oxygen atoms in total. The van der Waals surface area contributed by atoms with Crippen LogP contribution in [0.2, 0.25) is 5.02 Å². The van der Waals surface area contributed by atoms with Crippen LogP contribution in [-0.2, 0) is 11.3 Å². The van der Waals surface area contributed by atoms with Crippen molar-refractivity contribution in [2.45, 2.75) is 19.5 Å². The number of amides is 1. The number of nitrogens with one attached hydrogen (secondary N) is 1. The Morgan fingerprint density at radius 3 is 2.57 bits per heavy atom. The lowest BCUT2D eigenvalue weighted by molar-refractivity contribution is -0.384. The quantitative estimate of drug-likeness (QED) is 0.589. The molecule has 1 aromatic heterocycles. The van der Waals surface area contributed by atoms with E-state index in [2.05, 4.69) is 20.1 Å². The van der Waals surface area contributed by atoms with E-state index in [-0.39, 0.29) is 28.3 Å². The average molecular weight is 404 g/mol. The molecule has 1 unspecified atom stereocenters. The number of nitro benzene ring substituents is 1. The van der Waals surface area contributed by atoms with Gasteiger partial charge in [-0.15, -0.1) is 0 Å². The maximum absolute atomic E-state index is 12.6. The van der Waals surface area contributed by atoms with E-state index in [4.69, 9.17) is 11.6 Å². The van der Waals surface area contributed by atoms with Crippen molar-refractivity contribution in [1.29, 1.82) is 0 Å². The number of halogens is 1. The van der Waals surface area contributed by atoms with E-state index in [0.717, 1.165) is 32.7 Å². The lowest BCUT2D eigenvalue weighted by atomic mass is 10.2. The van der Waals surface area contributed by atoms with Crippen molar-refractivity contribution in [1.82, 2.24) is 14.8 Å². The van der Waals surface area contributed by atoms with Gasteiger partial charge in [-0.3, -0.25) is 29.7 Å². The molecule has 0 radical (unpaired) electrons. The Morgan fingerprint density at radius 1 is 1.25 bits per heavy atom. The van der Waals surface area contributed by atoms with E-state index in [1.165, 1.54) is 23.8 Å². The smallest absolute Gasteiger partial charge is 0.271 e. The van der Waals surface area contributed by atoms with Gasteiger partial charge in [0.05, 0.1) is 21.7 Å². The maximum Gasteiger partial charge on any atom is 0.271 e. The molecule has 9 heteroatoms. The first-order valence-electron chi connectivity index (χ1n) is 9.04. The summed E-state index contributed by atoms with van der Waals surface area (Å²) in [5.41, 5.74) is 1.36. The Hall–Kier alpha value is -2.55. The lowest BCUT2D eigenvalue weighted by Gasteiger charge is -2.37. The molecule has 1 aliphatic heterocycles. The topological polar surface area (TPSA) is 91.6 Å². The molecule has 3 rings (SSSR count). The van der Waals surface area contributed by atoms with Gasteiger partial charge in [0.25, 0.3) is 5.69 Å². The highest BCUT2D eigenvalue weighted by atomic mass is 35.5. The van der Waals surface area contributed by atoms with Crippen LogP contribution >= 0.6 is 11.6 Å². The fourth-order valence-electron chi connectivity index (χ4n) is 3.18. The number of carbonyl (C=O) groups excluding carboxylic acids is 1. The lowest BCUT2D eigenvalue weighted by Crippen LogP contribution is -2.52. The molecule has 1 N–H and O–H groups in total. The van der Waals surface area contributed by atoms with Crippen molar-refractivity contribution in [3.63, 3.8) is 0 Å². The van der Waals surface area contributed by atoms with Gasteiger partial charge in [-0.05, 0) is 30.7 Å². The van der Waals surface area contributed by atoms with Gasteiger partial charge in [0, 0.05) is 57.3 Å². The first-order valence-corrected chi connectivity index (χ1v) is 9.42. The molecule has 1 aliphatic rings. The van der Waals surface area contributed by atoms with Crippen LogP contribution in [0.4, 0.5) is 11.4 Å². The number of pyridine rings is 1. The van der Waals surface area contributed by atoms with Crippen LogP contribution in [0.5, 0.6) is 0 Å². The van der Waals surface area contributed by atoms with E-state index in [1.54, 1.807) is 12.4 Å². The van der Waals surface area contributed by atoms with Gasteiger partial charge in [0.15, 0.2) is 0 Å². The minimum Gasteiger partial charge on any atom is -0.323 e. The van der Waals surface area contributed by atoms with Crippen LogP contribution in [0.25, 0.3) is 0 Å². The number of nitro groups is 1. The number of rotatable bonds is 6. The van der Waals surface area contributed by atoms with E-state index in [9.17, 15) is 14.9 Å². The standard InChI is InChI=1S/C19H22ClN5O3/c1-14(19(26)22-18-12-16(25(27)28)2-3-17(18)20)24-10-8-23(9-11-24)13-15-4-6-21-7-5-15/h2-7,12,14H,8-11,13H2,1H3,(H,22,26). The predicted octanol–water partition coefficient (Wildman–Crippen LogP) is 2.79. The molecular weight excluding hydrogens is 382 g/mol. The Labute approximate surface area is 168 Å². The average Bonchev–Trinajstić information content (AvgIpc) is 2.70. The zero-order valence-electron chi connectivity index (χ0n) is 15.5. The SMILES string of the molecule is CC(C(=O)Nc1cc([N+](=O)[O-])ccc1Cl)N1CCN(Cc2ccncc2)CC1. The van der Waals surface area contributed by atoms with E-state index in [1.807, 2.05) is 19.1 Å². The summed E-state index contributed by atoms with van der Waals surface area (Å²) in [5, 5.41) is 13.9. The fourth-order valence-corrected chi connectivity index (χ4v) is 3.35. The van der Waals surface area contributed by atoms with E-state index in [0.29, 0.717) is 0 Å². The van der Waals surface area contributed by atoms with Gasteiger partial charge < -0.3 is 5.32 Å². The van der Waals surface area contributed by atoms with Crippen molar-refractivity contribution in [3.8, 4) is 0 Å². The molecule has 1 amide bonds. The number of non-ortho nitro benzene ring substituents is 1. The maximum atomic E-state index is 12.6. The fraction of sp³-hybridized carbons (Fsp3) is 0.368. The second-order valence-electron chi connectivity index (χ2n) is 6.75. The summed E-state index contributed by atoms with van der Waals surface area (Å²) in [7, 11) is 0. The number of hydrogen-bond acceptors (Lipinski definition) is 6. The molecule has 2 aromatic rings. The molecule has 2 heterocycles. The van der Waals surface area contributed by atoms with Gasteiger partial charge in [-0.2, -0.15) is 0 Å². The molecule has 28 heavy (non-hydrogen) atoms. The van der Waals surface area contributed by atoms with Crippen LogP contribution in [0.1, 0.15) is 12.5 Å². The first-order chi connectivity index (χ1) is 13.4. The van der Waals surface area contributed by atoms with Gasteiger partial charge >= 0.3 is 0 Å². The van der Waals surface area contributed by atoms with Crippen molar-refractivity contribution >= 4 is 28.9 Å². The molecule has 1 saturated heterocycles. The third kappa shape index (κ3) is 5.03. The van der Waals surface area contributed by atoms with Gasteiger partial charge in [0.2, 0.25) is 5.91 Å². The summed E-state index contributed by atoms with van der Waals surface area (Å²) in [6, 6.07) is 7.65. The number of piperazine rings is 1. The Morgan fingerprint density at radius 2 is 1.93 bits per heavy atom. The summed E-state index contributed by atoms with van der Waals surface area (Å²) < 4.78 is 0. The number of carbonyl (C=O) groups is 1. The molecule has 0 bridgehead atoms. The molecule has 1 aromatic carbocycles. The molecule has 0 saturated carbocycles. The van der Waals surface area contributed by atoms with E-state index < -0.39 is 4.92 Å². The minimum atomic E-state index is -0.516. The van der Waals surface area contributed by atoms with Gasteiger partial charge in [0.1, 0.15) is 0 Å². The summed E-state index contributed by atoms with van der Waals surface area (Å²) in [6.45, 7) is 5.94. The van der Waals surface area contributed by atoms with Crippen molar-refractivity contribution in [2.24, 2.45) is 0 Å². The largest absolute Gasteiger partial charge is 0.323 e. The second kappa shape index (κ2) is 9.09. The molecule has 0 aliphatic carbocycles. The molecule has 148 valence electrons. The minimum absolute atomic E-state index is 0.114. The zero-order valence-corrected chi connectivity index (χ0v) is 16.3. The Kier molecular flexibility index (Phi) is 6.56. The summed E-state index contributed by atoms with van der Waals surface area (Å²) in [6.07, 6.45) is 3.58. The Bertz CT molecular complexity index is 841. The number of aromatic nitrogens is 1. The van der Waals surface area contributed by atoms with Crippen LogP contribution in [-0.4, -0.2) is 57.8 Å². The normalized spacial score (nSPS) is 16.5. The zero-order chi connectivity index (χ0) is 20.1. The van der Waals surface area contributed by atoms with Crippen molar-refractivity contribution in [3.05, 3.63) is 63.4 Å². The molecule has 1 fully saturated rings. The number of benzene rings is 1. The van der Waals surface area contributed by atoms with Crippen LogP contribution in [0.15, 0.2) is 42.7 Å². The first kappa shape index (κ1) is 20.2. The number of anilines is 1. The highest BCUT2D eigenvalue weighted by Gasteiger charge is 2.26. The molecule has 1 atom stereocenters. The molecule has 0 spiro atoms. The van der Waals surface area contributed by atoms with Gasteiger partial charge in [-0.1, -0.05) is 11.6 Å². The summed E-state index contributed by atoms with van der Waals surface area (Å²) >= 11 is 6.07. The third-order valence-electron chi connectivity index (χ3n) is 4.91. The van der Waals surface area contributed by atoms with Crippen molar-refractivity contribution < 1.29 is 9.72 Å². The van der Waals surface area contributed by atoms with E-state index >= 15 is 0 Å².